The largest absolute Gasteiger partial charge is 0.493 e. The molecular formula is C27H27ClN2O3S. The average molecular weight is 495 g/mol. The van der Waals surface area contributed by atoms with E-state index in [1.54, 1.807) is 26.0 Å². The van der Waals surface area contributed by atoms with Crippen LogP contribution in [0.2, 0.25) is 5.02 Å². The monoisotopic (exact) mass is 494 g/mol. The van der Waals surface area contributed by atoms with Crippen molar-refractivity contribution in [3.05, 3.63) is 89.1 Å². The smallest absolute Gasteiger partial charge is 0.230 e. The summed E-state index contributed by atoms with van der Waals surface area (Å²) in [5.74, 6) is 1.75. The Labute approximate surface area is 209 Å². The van der Waals surface area contributed by atoms with Crippen LogP contribution in [-0.2, 0) is 17.8 Å². The number of methoxy groups -OCH3 is 2. The van der Waals surface area contributed by atoms with Crippen LogP contribution >= 0.6 is 23.4 Å². The van der Waals surface area contributed by atoms with Gasteiger partial charge in [-0.25, -0.2) is 0 Å². The van der Waals surface area contributed by atoms with Gasteiger partial charge in [-0.05, 0) is 41.8 Å². The van der Waals surface area contributed by atoms with Gasteiger partial charge in [0.15, 0.2) is 11.5 Å². The summed E-state index contributed by atoms with van der Waals surface area (Å²) in [6.07, 6.45) is 2.82. The number of rotatable bonds is 10. The average Bonchev–Trinajstić information content (AvgIpc) is 3.21. The number of carbonyl (C=O) groups is 1. The highest BCUT2D eigenvalue weighted by atomic mass is 35.5. The second-order valence-electron chi connectivity index (χ2n) is 7.81. The fraction of sp³-hybridized carbons (Fsp3) is 0.222. The SMILES string of the molecule is COc1ccc(CCNC(=O)CSc2cn(Cc3ccccc3Cl)c3ccccc23)cc1OC. The number of carbonyl (C=O) groups excluding carboxylic acids is 1. The van der Waals surface area contributed by atoms with Crippen LogP contribution in [0, 0.1) is 0 Å². The molecule has 0 fully saturated rings. The van der Waals surface area contributed by atoms with Crippen molar-refractivity contribution in [2.45, 2.75) is 17.9 Å². The quantitative estimate of drug-likeness (QED) is 0.283. The van der Waals surface area contributed by atoms with Crippen molar-refractivity contribution in [3.8, 4) is 11.5 Å². The third-order valence-corrected chi connectivity index (χ3v) is 7.00. The van der Waals surface area contributed by atoms with E-state index in [0.717, 1.165) is 31.9 Å². The number of thioether (sulfide) groups is 1. The first-order chi connectivity index (χ1) is 16.6. The number of hydrogen-bond donors (Lipinski definition) is 1. The molecule has 0 aliphatic carbocycles. The zero-order chi connectivity index (χ0) is 23.9. The molecule has 4 aromatic rings. The Morgan fingerprint density at radius 2 is 1.76 bits per heavy atom. The predicted octanol–water partition coefficient (Wildman–Crippen LogP) is 5.81. The molecule has 1 amide bonds. The van der Waals surface area contributed by atoms with Crippen LogP contribution in [0.4, 0.5) is 0 Å². The Morgan fingerprint density at radius 1 is 1.00 bits per heavy atom. The number of hydrogen-bond acceptors (Lipinski definition) is 4. The number of nitrogens with zero attached hydrogens (tertiary/aromatic N) is 1. The van der Waals surface area contributed by atoms with E-state index in [0.29, 0.717) is 36.8 Å². The van der Waals surface area contributed by atoms with Gasteiger partial charge < -0.3 is 19.4 Å². The lowest BCUT2D eigenvalue weighted by atomic mass is 10.1. The number of nitrogens with one attached hydrogen (secondary N) is 1. The third-order valence-electron chi connectivity index (χ3n) is 5.59. The first-order valence-electron chi connectivity index (χ1n) is 11.0. The molecule has 1 N–H and O–H groups in total. The molecule has 0 saturated carbocycles. The molecule has 0 bridgehead atoms. The summed E-state index contributed by atoms with van der Waals surface area (Å²) in [5, 5.41) is 4.90. The fourth-order valence-electron chi connectivity index (χ4n) is 3.85. The maximum absolute atomic E-state index is 12.5. The zero-order valence-electron chi connectivity index (χ0n) is 19.2. The van der Waals surface area contributed by atoms with E-state index in [1.807, 2.05) is 54.6 Å². The highest BCUT2D eigenvalue weighted by molar-refractivity contribution is 8.00. The van der Waals surface area contributed by atoms with Crippen LogP contribution < -0.4 is 14.8 Å². The lowest BCUT2D eigenvalue weighted by Gasteiger charge is -2.10. The molecule has 0 unspecified atom stereocenters. The molecule has 0 spiro atoms. The van der Waals surface area contributed by atoms with E-state index in [4.69, 9.17) is 21.1 Å². The van der Waals surface area contributed by atoms with Gasteiger partial charge in [-0.1, -0.05) is 54.1 Å². The minimum Gasteiger partial charge on any atom is -0.493 e. The topological polar surface area (TPSA) is 52.5 Å². The van der Waals surface area contributed by atoms with E-state index in [-0.39, 0.29) is 5.91 Å². The van der Waals surface area contributed by atoms with Crippen LogP contribution in [0.15, 0.2) is 77.8 Å². The van der Waals surface area contributed by atoms with Gasteiger partial charge in [0.1, 0.15) is 0 Å². The molecule has 4 rings (SSSR count). The van der Waals surface area contributed by atoms with Crippen LogP contribution in [0.3, 0.4) is 0 Å². The highest BCUT2D eigenvalue weighted by Gasteiger charge is 2.12. The first kappa shape index (κ1) is 24.0. The second-order valence-corrected chi connectivity index (χ2v) is 9.23. The van der Waals surface area contributed by atoms with E-state index in [9.17, 15) is 4.79 Å². The number of para-hydroxylation sites is 1. The van der Waals surface area contributed by atoms with Crippen LogP contribution in [0.25, 0.3) is 10.9 Å². The molecule has 176 valence electrons. The van der Waals surface area contributed by atoms with Gasteiger partial charge in [-0.3, -0.25) is 4.79 Å². The van der Waals surface area contributed by atoms with Crippen molar-refractivity contribution in [1.82, 2.24) is 9.88 Å². The molecule has 7 heteroatoms. The lowest BCUT2D eigenvalue weighted by Crippen LogP contribution is -2.27. The maximum atomic E-state index is 12.5. The number of benzene rings is 3. The van der Waals surface area contributed by atoms with Gasteiger partial charge in [0.25, 0.3) is 0 Å². The summed E-state index contributed by atoms with van der Waals surface area (Å²) in [5.41, 5.74) is 3.27. The van der Waals surface area contributed by atoms with E-state index in [1.165, 1.54) is 0 Å². The number of ether oxygens (including phenoxy) is 2. The molecule has 0 aliphatic heterocycles. The minimum absolute atomic E-state index is 0.00779. The molecule has 1 heterocycles. The van der Waals surface area contributed by atoms with Gasteiger partial charge >= 0.3 is 0 Å². The molecule has 1 aromatic heterocycles. The van der Waals surface area contributed by atoms with Gasteiger partial charge in [0.2, 0.25) is 5.91 Å². The number of fused-ring (bicyclic) bond motifs is 1. The second kappa shape index (κ2) is 11.4. The van der Waals surface area contributed by atoms with Gasteiger partial charge in [-0.2, -0.15) is 0 Å². The Kier molecular flexibility index (Phi) is 8.03. The van der Waals surface area contributed by atoms with Crippen molar-refractivity contribution in [3.63, 3.8) is 0 Å². The minimum atomic E-state index is 0.00779. The van der Waals surface area contributed by atoms with Crippen molar-refractivity contribution in [1.29, 1.82) is 0 Å². The fourth-order valence-corrected chi connectivity index (χ4v) is 4.96. The summed E-state index contributed by atoms with van der Waals surface area (Å²) < 4.78 is 12.8. The summed E-state index contributed by atoms with van der Waals surface area (Å²) >= 11 is 7.92. The van der Waals surface area contributed by atoms with Crippen LogP contribution in [0.5, 0.6) is 11.5 Å². The Bertz CT molecular complexity index is 1290. The summed E-state index contributed by atoms with van der Waals surface area (Å²) in [6, 6.07) is 21.9. The molecule has 34 heavy (non-hydrogen) atoms. The summed E-state index contributed by atoms with van der Waals surface area (Å²) in [6.45, 7) is 1.24. The number of aromatic nitrogens is 1. The van der Waals surface area contributed by atoms with Crippen molar-refractivity contribution < 1.29 is 14.3 Å². The molecule has 0 atom stereocenters. The van der Waals surface area contributed by atoms with Crippen molar-refractivity contribution in [2.75, 3.05) is 26.5 Å². The predicted molar refractivity (Wildman–Crippen MR) is 139 cm³/mol. The van der Waals surface area contributed by atoms with Crippen molar-refractivity contribution >= 4 is 40.2 Å². The highest BCUT2D eigenvalue weighted by Crippen LogP contribution is 2.31. The van der Waals surface area contributed by atoms with Gasteiger partial charge in [-0.15, -0.1) is 11.8 Å². The molecular weight excluding hydrogens is 468 g/mol. The van der Waals surface area contributed by atoms with Gasteiger partial charge in [0.05, 0.1) is 20.0 Å². The van der Waals surface area contributed by atoms with E-state index >= 15 is 0 Å². The number of halogens is 1. The summed E-state index contributed by atoms with van der Waals surface area (Å²) in [4.78, 5) is 13.6. The van der Waals surface area contributed by atoms with E-state index < -0.39 is 0 Å². The Morgan fingerprint density at radius 3 is 2.56 bits per heavy atom. The van der Waals surface area contributed by atoms with E-state index in [2.05, 4.69) is 28.2 Å². The molecule has 0 saturated heterocycles. The molecule has 0 aliphatic rings. The number of amides is 1. The Hall–Kier alpha value is -3.09. The van der Waals surface area contributed by atoms with Crippen LogP contribution in [0.1, 0.15) is 11.1 Å². The standard InChI is InChI=1S/C27H27ClN2O3S/c1-32-24-12-11-19(15-25(24)33-2)13-14-29-27(31)18-34-26-17-30(23-10-6-4-8-21(23)26)16-20-7-3-5-9-22(20)28/h3-12,15,17H,13-14,16,18H2,1-2H3,(H,29,31). The lowest BCUT2D eigenvalue weighted by molar-refractivity contribution is -0.118. The third kappa shape index (κ3) is 5.69. The normalized spacial score (nSPS) is 10.9. The summed E-state index contributed by atoms with van der Waals surface area (Å²) in [7, 11) is 3.23. The van der Waals surface area contributed by atoms with Crippen LogP contribution in [-0.4, -0.2) is 37.0 Å². The van der Waals surface area contributed by atoms with Gasteiger partial charge in [0, 0.05) is 40.1 Å². The molecule has 5 nitrogen and oxygen atoms in total. The Balaban J connectivity index is 1.36. The van der Waals surface area contributed by atoms with Crippen molar-refractivity contribution in [2.24, 2.45) is 0 Å². The zero-order valence-corrected chi connectivity index (χ0v) is 20.8. The molecule has 3 aromatic carbocycles. The first-order valence-corrected chi connectivity index (χ1v) is 12.4. The molecule has 0 radical (unpaired) electrons. The maximum Gasteiger partial charge on any atom is 0.230 e.